The van der Waals surface area contributed by atoms with Gasteiger partial charge < -0.3 is 5.11 Å². The van der Waals surface area contributed by atoms with Crippen LogP contribution in [0.5, 0.6) is 0 Å². The Morgan fingerprint density at radius 2 is 2.00 bits per heavy atom. The van der Waals surface area contributed by atoms with Crippen molar-refractivity contribution in [1.82, 2.24) is 0 Å². The van der Waals surface area contributed by atoms with Gasteiger partial charge in [0.2, 0.25) is 0 Å². The number of aliphatic hydroxyl groups excluding tert-OH is 1. The Bertz CT molecular complexity index is 223. The standard InChI is InChI=1S/C9H11FO/c10-9-6-2-1-4-8(9)5-3-7-11/h1-2,4,6,11H,3,5,7H2. The number of halogens is 1. The number of rotatable bonds is 3. The predicted molar refractivity (Wildman–Crippen MR) is 41.8 cm³/mol. The highest BCUT2D eigenvalue weighted by molar-refractivity contribution is 5.17. The maximum atomic E-state index is 12.8. The highest BCUT2D eigenvalue weighted by atomic mass is 19.1. The van der Waals surface area contributed by atoms with Gasteiger partial charge in [-0.05, 0) is 24.5 Å². The highest BCUT2D eigenvalue weighted by Gasteiger charge is 1.98. The van der Waals surface area contributed by atoms with Crippen molar-refractivity contribution in [2.45, 2.75) is 12.8 Å². The molecule has 1 aromatic rings. The molecule has 0 amide bonds. The Morgan fingerprint density at radius 1 is 1.27 bits per heavy atom. The molecule has 1 rings (SSSR count). The number of hydrogen-bond acceptors (Lipinski definition) is 1. The van der Waals surface area contributed by atoms with Gasteiger partial charge in [-0.25, -0.2) is 4.39 Å². The van der Waals surface area contributed by atoms with Crippen LogP contribution in [0.25, 0.3) is 0 Å². The van der Waals surface area contributed by atoms with Gasteiger partial charge in [0.05, 0.1) is 0 Å². The molecule has 0 spiro atoms. The first-order valence-corrected chi connectivity index (χ1v) is 3.69. The fourth-order valence-corrected chi connectivity index (χ4v) is 0.971. The molecule has 0 aliphatic heterocycles. The molecule has 0 unspecified atom stereocenters. The van der Waals surface area contributed by atoms with Gasteiger partial charge in [0.1, 0.15) is 5.82 Å². The number of benzene rings is 1. The van der Waals surface area contributed by atoms with E-state index >= 15 is 0 Å². The summed E-state index contributed by atoms with van der Waals surface area (Å²) in [6.45, 7) is 0.119. The normalized spacial score (nSPS) is 10.0. The van der Waals surface area contributed by atoms with Gasteiger partial charge in [0.15, 0.2) is 0 Å². The molecule has 1 aromatic carbocycles. The molecule has 1 nitrogen and oxygen atoms in total. The zero-order valence-corrected chi connectivity index (χ0v) is 6.26. The van der Waals surface area contributed by atoms with E-state index in [0.717, 1.165) is 0 Å². The topological polar surface area (TPSA) is 20.2 Å². The highest BCUT2D eigenvalue weighted by Crippen LogP contribution is 2.07. The minimum absolute atomic E-state index is 0.119. The van der Waals surface area contributed by atoms with Crippen molar-refractivity contribution >= 4 is 0 Å². The third-order valence-electron chi connectivity index (χ3n) is 1.56. The van der Waals surface area contributed by atoms with Crippen molar-refractivity contribution in [2.24, 2.45) is 0 Å². The number of aryl methyl sites for hydroxylation is 1. The van der Waals surface area contributed by atoms with Crippen LogP contribution in [0.1, 0.15) is 12.0 Å². The van der Waals surface area contributed by atoms with E-state index in [-0.39, 0.29) is 12.4 Å². The van der Waals surface area contributed by atoms with Gasteiger partial charge in [-0.3, -0.25) is 0 Å². The lowest BCUT2D eigenvalue weighted by Gasteiger charge is -1.99. The lowest BCUT2D eigenvalue weighted by Crippen LogP contribution is -1.92. The fraction of sp³-hybridized carbons (Fsp3) is 0.333. The summed E-state index contributed by atoms with van der Waals surface area (Å²) in [7, 11) is 0. The van der Waals surface area contributed by atoms with Crippen LogP contribution in [-0.2, 0) is 6.42 Å². The van der Waals surface area contributed by atoms with Crippen LogP contribution >= 0.6 is 0 Å². The molecule has 0 aliphatic carbocycles. The zero-order valence-electron chi connectivity index (χ0n) is 6.26. The predicted octanol–water partition coefficient (Wildman–Crippen LogP) is 1.75. The van der Waals surface area contributed by atoms with E-state index in [0.29, 0.717) is 18.4 Å². The van der Waals surface area contributed by atoms with Crippen molar-refractivity contribution in [2.75, 3.05) is 6.61 Å². The molecule has 0 saturated carbocycles. The van der Waals surface area contributed by atoms with E-state index in [4.69, 9.17) is 5.11 Å². The van der Waals surface area contributed by atoms with Crippen LogP contribution in [0.2, 0.25) is 0 Å². The SMILES string of the molecule is OCCCc1ccccc1F. The minimum Gasteiger partial charge on any atom is -0.396 e. The zero-order chi connectivity index (χ0) is 8.10. The molecule has 1 N–H and O–H groups in total. The third kappa shape index (κ3) is 2.31. The summed E-state index contributed by atoms with van der Waals surface area (Å²) in [6.07, 6.45) is 1.24. The third-order valence-corrected chi connectivity index (χ3v) is 1.56. The van der Waals surface area contributed by atoms with Gasteiger partial charge in [0, 0.05) is 6.61 Å². The second-order valence-electron chi connectivity index (χ2n) is 2.42. The largest absolute Gasteiger partial charge is 0.396 e. The molecule has 2 heteroatoms. The molecule has 11 heavy (non-hydrogen) atoms. The summed E-state index contributed by atoms with van der Waals surface area (Å²) in [5.74, 6) is -0.180. The van der Waals surface area contributed by atoms with Crippen LogP contribution in [0.4, 0.5) is 4.39 Å². The first-order chi connectivity index (χ1) is 5.34. The number of hydrogen-bond donors (Lipinski definition) is 1. The van der Waals surface area contributed by atoms with Crippen molar-refractivity contribution < 1.29 is 9.50 Å². The first-order valence-electron chi connectivity index (χ1n) is 3.69. The monoisotopic (exact) mass is 154 g/mol. The fourth-order valence-electron chi connectivity index (χ4n) is 0.971. The van der Waals surface area contributed by atoms with E-state index in [2.05, 4.69) is 0 Å². The second kappa shape index (κ2) is 4.09. The maximum Gasteiger partial charge on any atom is 0.126 e. The van der Waals surface area contributed by atoms with Crippen LogP contribution in [0.15, 0.2) is 24.3 Å². The minimum atomic E-state index is -0.180. The summed E-state index contributed by atoms with van der Waals surface area (Å²) < 4.78 is 12.8. The van der Waals surface area contributed by atoms with Crippen molar-refractivity contribution in [1.29, 1.82) is 0 Å². The summed E-state index contributed by atoms with van der Waals surface area (Å²) in [6, 6.07) is 6.64. The van der Waals surface area contributed by atoms with E-state index in [1.54, 1.807) is 18.2 Å². The Morgan fingerprint density at radius 3 is 2.64 bits per heavy atom. The molecule has 0 bridgehead atoms. The molecule has 0 atom stereocenters. The molecule has 60 valence electrons. The Labute approximate surface area is 65.5 Å². The summed E-state index contributed by atoms with van der Waals surface area (Å²) >= 11 is 0. The molecular weight excluding hydrogens is 143 g/mol. The summed E-state index contributed by atoms with van der Waals surface area (Å²) in [4.78, 5) is 0. The van der Waals surface area contributed by atoms with Crippen LogP contribution in [-0.4, -0.2) is 11.7 Å². The lowest BCUT2D eigenvalue weighted by molar-refractivity contribution is 0.288. The summed E-state index contributed by atoms with van der Waals surface area (Å²) in [5, 5.41) is 8.50. The van der Waals surface area contributed by atoms with E-state index in [1.807, 2.05) is 0 Å². The van der Waals surface area contributed by atoms with Gasteiger partial charge in [-0.2, -0.15) is 0 Å². The molecule has 0 radical (unpaired) electrons. The molecule has 0 heterocycles. The van der Waals surface area contributed by atoms with Crippen LogP contribution in [0, 0.1) is 5.82 Å². The molecule has 0 fully saturated rings. The average Bonchev–Trinajstić information content (AvgIpc) is 2.03. The van der Waals surface area contributed by atoms with Gasteiger partial charge in [-0.1, -0.05) is 18.2 Å². The smallest absolute Gasteiger partial charge is 0.126 e. The molecular formula is C9H11FO. The van der Waals surface area contributed by atoms with Crippen LogP contribution in [0.3, 0.4) is 0 Å². The summed E-state index contributed by atoms with van der Waals surface area (Å²) in [5.41, 5.74) is 0.682. The van der Waals surface area contributed by atoms with Gasteiger partial charge in [-0.15, -0.1) is 0 Å². The average molecular weight is 154 g/mol. The molecule has 0 aromatic heterocycles. The van der Waals surface area contributed by atoms with E-state index in [1.165, 1.54) is 6.07 Å². The van der Waals surface area contributed by atoms with Crippen molar-refractivity contribution in [3.63, 3.8) is 0 Å². The number of aliphatic hydroxyl groups is 1. The van der Waals surface area contributed by atoms with Crippen LogP contribution < -0.4 is 0 Å². The molecule has 0 aliphatic rings. The molecule has 0 saturated heterocycles. The Balaban J connectivity index is 2.62. The quantitative estimate of drug-likeness (QED) is 0.703. The Kier molecular flexibility index (Phi) is 3.05. The second-order valence-corrected chi connectivity index (χ2v) is 2.42. The van der Waals surface area contributed by atoms with Gasteiger partial charge >= 0.3 is 0 Å². The maximum absolute atomic E-state index is 12.8. The van der Waals surface area contributed by atoms with E-state index in [9.17, 15) is 4.39 Å². The first kappa shape index (κ1) is 8.21. The lowest BCUT2D eigenvalue weighted by atomic mass is 10.1. The van der Waals surface area contributed by atoms with E-state index < -0.39 is 0 Å². The van der Waals surface area contributed by atoms with Gasteiger partial charge in [0.25, 0.3) is 0 Å². The van der Waals surface area contributed by atoms with Crippen molar-refractivity contribution in [3.05, 3.63) is 35.6 Å². The van der Waals surface area contributed by atoms with Crippen molar-refractivity contribution in [3.8, 4) is 0 Å². The Hall–Kier alpha value is -0.890.